The van der Waals surface area contributed by atoms with E-state index in [-0.39, 0.29) is 31.6 Å². The monoisotopic (exact) mass is 284 g/mol. The highest BCUT2D eigenvalue weighted by Crippen LogP contribution is 2.03. The molecule has 2 N–H and O–H groups in total. The highest BCUT2D eigenvalue weighted by molar-refractivity contribution is 6.04. The van der Waals surface area contributed by atoms with Crippen LogP contribution < -0.4 is 10.6 Å². The molecule has 8 heteroatoms. The second kappa shape index (κ2) is 7.27. The summed E-state index contributed by atoms with van der Waals surface area (Å²) in [4.78, 5) is 44.4. The van der Waals surface area contributed by atoms with Gasteiger partial charge in [-0.05, 0) is 13.3 Å². The third-order valence-corrected chi connectivity index (χ3v) is 2.42. The van der Waals surface area contributed by atoms with Crippen LogP contribution in [0.15, 0.2) is 12.2 Å². The molecule has 1 fully saturated rings. The number of carbonyl (C=O) groups excluding carboxylic acids is 4. The van der Waals surface area contributed by atoms with E-state index in [9.17, 15) is 19.2 Å². The maximum Gasteiger partial charge on any atom is 0.333 e. The molecule has 0 bridgehead atoms. The number of urea groups is 1. The first kappa shape index (κ1) is 15.7. The first-order valence-electron chi connectivity index (χ1n) is 5.99. The molecule has 20 heavy (non-hydrogen) atoms. The van der Waals surface area contributed by atoms with Crippen molar-refractivity contribution in [2.45, 2.75) is 25.8 Å². The number of carbonyl (C=O) groups is 4. The molecule has 0 saturated carbocycles. The second-order valence-corrected chi connectivity index (χ2v) is 4.19. The summed E-state index contributed by atoms with van der Waals surface area (Å²) in [7, 11) is 0. The predicted octanol–water partition coefficient (Wildman–Crippen LogP) is -0.363. The lowest BCUT2D eigenvalue weighted by Crippen LogP contribution is -2.29. The van der Waals surface area contributed by atoms with Crippen LogP contribution in [-0.4, -0.2) is 43.1 Å². The molecule has 0 aromatic heterocycles. The van der Waals surface area contributed by atoms with Gasteiger partial charge in [0.05, 0.1) is 0 Å². The van der Waals surface area contributed by atoms with Crippen LogP contribution in [0.5, 0.6) is 0 Å². The van der Waals surface area contributed by atoms with Gasteiger partial charge in [0.2, 0.25) is 0 Å². The van der Waals surface area contributed by atoms with E-state index in [2.05, 4.69) is 17.2 Å². The fraction of sp³-hybridized carbons (Fsp3) is 0.500. The summed E-state index contributed by atoms with van der Waals surface area (Å²) in [5, 5.41) is 4.43. The molecule has 1 saturated heterocycles. The van der Waals surface area contributed by atoms with E-state index >= 15 is 0 Å². The minimum absolute atomic E-state index is 0.0210. The van der Waals surface area contributed by atoms with Crippen LogP contribution in [0.1, 0.15) is 19.8 Å². The molecule has 0 aromatic rings. The smallest absolute Gasteiger partial charge is 0.333 e. The van der Waals surface area contributed by atoms with Gasteiger partial charge in [0.15, 0.2) is 0 Å². The van der Waals surface area contributed by atoms with E-state index in [1.165, 1.54) is 6.92 Å². The molecular formula is C12H16N2O6. The van der Waals surface area contributed by atoms with E-state index in [0.717, 1.165) is 0 Å². The molecule has 1 unspecified atom stereocenters. The summed E-state index contributed by atoms with van der Waals surface area (Å²) in [5.41, 5.74) is 0.263. The zero-order chi connectivity index (χ0) is 15.1. The van der Waals surface area contributed by atoms with Gasteiger partial charge in [-0.15, -0.1) is 0 Å². The van der Waals surface area contributed by atoms with Gasteiger partial charge in [0.1, 0.15) is 19.3 Å². The Kier molecular flexibility index (Phi) is 5.70. The largest absolute Gasteiger partial charge is 0.462 e. The molecular weight excluding hydrogens is 268 g/mol. The minimum Gasteiger partial charge on any atom is -0.462 e. The Balaban J connectivity index is 2.12. The van der Waals surface area contributed by atoms with Crippen LogP contribution in [-0.2, 0) is 23.9 Å². The Morgan fingerprint density at radius 3 is 2.45 bits per heavy atom. The molecule has 1 atom stereocenters. The van der Waals surface area contributed by atoms with Gasteiger partial charge in [-0.1, -0.05) is 6.58 Å². The zero-order valence-electron chi connectivity index (χ0n) is 11.1. The Hall–Kier alpha value is -2.38. The van der Waals surface area contributed by atoms with Crippen LogP contribution >= 0.6 is 0 Å². The second-order valence-electron chi connectivity index (χ2n) is 4.19. The fourth-order valence-corrected chi connectivity index (χ4v) is 1.41. The van der Waals surface area contributed by atoms with Crippen LogP contribution in [0.25, 0.3) is 0 Å². The quantitative estimate of drug-likeness (QED) is 0.286. The molecule has 110 valence electrons. The van der Waals surface area contributed by atoms with Crippen molar-refractivity contribution in [3.8, 4) is 0 Å². The topological polar surface area (TPSA) is 111 Å². The van der Waals surface area contributed by atoms with Gasteiger partial charge in [-0.25, -0.2) is 9.59 Å². The summed E-state index contributed by atoms with van der Waals surface area (Å²) < 4.78 is 9.53. The van der Waals surface area contributed by atoms with Gasteiger partial charge in [0, 0.05) is 12.0 Å². The molecule has 0 radical (unpaired) electrons. The summed E-state index contributed by atoms with van der Waals surface area (Å²) in [6.07, 6.45) is 0.134. The van der Waals surface area contributed by atoms with Crippen molar-refractivity contribution < 1.29 is 28.7 Å². The molecule has 3 amide bonds. The Morgan fingerprint density at radius 2 is 1.90 bits per heavy atom. The standard InChI is InChI=1S/C12H16N2O6/c1-7(2)11(17)20-6-5-19-9(15)4-3-8-10(16)14-12(18)13-8/h8H,1,3-6H2,2H3,(H2,13,14,16,18). The molecule has 8 nitrogen and oxygen atoms in total. The lowest BCUT2D eigenvalue weighted by atomic mass is 10.1. The minimum atomic E-state index is -0.712. The summed E-state index contributed by atoms with van der Waals surface area (Å²) in [5.74, 6) is -1.55. The number of imide groups is 1. The SMILES string of the molecule is C=C(C)C(=O)OCCOC(=O)CCC1NC(=O)NC1=O. The number of hydrogen-bond acceptors (Lipinski definition) is 6. The Labute approximate surface area is 115 Å². The highest BCUT2D eigenvalue weighted by atomic mass is 16.6. The average Bonchev–Trinajstić information content (AvgIpc) is 2.70. The van der Waals surface area contributed by atoms with Crippen molar-refractivity contribution in [2.24, 2.45) is 0 Å². The van der Waals surface area contributed by atoms with Gasteiger partial charge < -0.3 is 14.8 Å². The Bertz CT molecular complexity index is 445. The van der Waals surface area contributed by atoms with E-state index in [1.807, 2.05) is 0 Å². The summed E-state index contributed by atoms with van der Waals surface area (Å²) in [6, 6.07) is -1.28. The first-order chi connectivity index (χ1) is 9.40. The molecule has 0 aromatic carbocycles. The average molecular weight is 284 g/mol. The lowest BCUT2D eigenvalue weighted by Gasteiger charge is -2.08. The fourth-order valence-electron chi connectivity index (χ4n) is 1.41. The van der Waals surface area contributed by atoms with Crippen LogP contribution in [0.4, 0.5) is 4.79 Å². The van der Waals surface area contributed by atoms with Crippen molar-refractivity contribution in [3.05, 3.63) is 12.2 Å². The third-order valence-electron chi connectivity index (χ3n) is 2.42. The molecule has 1 heterocycles. The van der Waals surface area contributed by atoms with Crippen LogP contribution in [0, 0.1) is 0 Å². The van der Waals surface area contributed by atoms with Crippen molar-refractivity contribution in [2.75, 3.05) is 13.2 Å². The molecule has 1 aliphatic heterocycles. The number of rotatable bonds is 7. The van der Waals surface area contributed by atoms with E-state index in [4.69, 9.17) is 9.47 Å². The third kappa shape index (κ3) is 5.09. The molecule has 0 spiro atoms. The maximum atomic E-state index is 11.3. The zero-order valence-corrected chi connectivity index (χ0v) is 11.1. The number of hydrogen-bond donors (Lipinski definition) is 2. The van der Waals surface area contributed by atoms with Crippen molar-refractivity contribution in [1.29, 1.82) is 0 Å². The predicted molar refractivity (Wildman–Crippen MR) is 66.4 cm³/mol. The van der Waals surface area contributed by atoms with E-state index in [1.54, 1.807) is 0 Å². The number of esters is 2. The number of amides is 3. The number of nitrogens with one attached hydrogen (secondary N) is 2. The molecule has 1 aliphatic rings. The van der Waals surface area contributed by atoms with E-state index < -0.39 is 29.9 Å². The highest BCUT2D eigenvalue weighted by Gasteiger charge is 2.29. The van der Waals surface area contributed by atoms with Gasteiger partial charge in [-0.3, -0.25) is 14.9 Å². The number of ether oxygens (including phenoxy) is 2. The van der Waals surface area contributed by atoms with Crippen molar-refractivity contribution in [1.82, 2.24) is 10.6 Å². The van der Waals surface area contributed by atoms with Gasteiger partial charge >= 0.3 is 18.0 Å². The normalized spacial score (nSPS) is 17.1. The Morgan fingerprint density at radius 1 is 1.25 bits per heavy atom. The maximum absolute atomic E-state index is 11.3. The van der Waals surface area contributed by atoms with Crippen molar-refractivity contribution in [3.63, 3.8) is 0 Å². The summed E-state index contributed by atoms with van der Waals surface area (Å²) in [6.45, 7) is 4.78. The van der Waals surface area contributed by atoms with Crippen LogP contribution in [0.3, 0.4) is 0 Å². The molecule has 0 aliphatic carbocycles. The lowest BCUT2D eigenvalue weighted by molar-refractivity contribution is -0.150. The summed E-state index contributed by atoms with van der Waals surface area (Å²) >= 11 is 0. The van der Waals surface area contributed by atoms with Gasteiger partial charge in [0.25, 0.3) is 5.91 Å². The first-order valence-corrected chi connectivity index (χ1v) is 5.99. The van der Waals surface area contributed by atoms with Crippen molar-refractivity contribution >= 4 is 23.9 Å². The molecule has 1 rings (SSSR count). The van der Waals surface area contributed by atoms with Gasteiger partial charge in [-0.2, -0.15) is 0 Å². The van der Waals surface area contributed by atoms with E-state index in [0.29, 0.717) is 0 Å². The van der Waals surface area contributed by atoms with Crippen LogP contribution in [0.2, 0.25) is 0 Å².